The van der Waals surface area contributed by atoms with Crippen LogP contribution in [0.1, 0.15) is 46.5 Å². The number of amides is 1. The Kier molecular flexibility index (Phi) is 7.90. The van der Waals surface area contributed by atoms with E-state index in [4.69, 9.17) is 4.84 Å². The van der Waals surface area contributed by atoms with Crippen molar-refractivity contribution in [1.82, 2.24) is 5.06 Å². The summed E-state index contributed by atoms with van der Waals surface area (Å²) in [4.78, 5) is 16.4. The second-order valence-electron chi connectivity index (χ2n) is 4.36. The highest BCUT2D eigenvalue weighted by molar-refractivity contribution is 5.74. The van der Waals surface area contributed by atoms with Crippen LogP contribution in [0.2, 0.25) is 0 Å². The van der Waals surface area contributed by atoms with Crippen molar-refractivity contribution in [2.75, 3.05) is 14.2 Å². The van der Waals surface area contributed by atoms with E-state index < -0.39 is 0 Å². The first kappa shape index (κ1) is 15.2. The number of hydrogen-bond donors (Lipinski definition) is 0. The van der Waals surface area contributed by atoms with E-state index in [0.29, 0.717) is 12.3 Å². The summed E-state index contributed by atoms with van der Waals surface area (Å²) in [5.41, 5.74) is 1.42. The Hall–Kier alpha value is -0.830. The van der Waals surface area contributed by atoms with Gasteiger partial charge in [0.05, 0.1) is 7.11 Å². The van der Waals surface area contributed by atoms with Crippen LogP contribution >= 0.6 is 0 Å². The third-order valence-electron chi connectivity index (χ3n) is 2.86. The van der Waals surface area contributed by atoms with Crippen LogP contribution in [0.3, 0.4) is 0 Å². The van der Waals surface area contributed by atoms with E-state index in [1.165, 1.54) is 17.7 Å². The lowest BCUT2D eigenvalue weighted by atomic mass is 10.00. The van der Waals surface area contributed by atoms with Crippen LogP contribution in [0, 0.1) is 5.92 Å². The van der Waals surface area contributed by atoms with E-state index in [0.717, 1.165) is 19.3 Å². The number of carbonyl (C=O) groups excluding carboxylic acids is 1. The van der Waals surface area contributed by atoms with Gasteiger partial charge in [-0.3, -0.25) is 9.63 Å². The summed E-state index contributed by atoms with van der Waals surface area (Å²) in [6, 6.07) is 0. The lowest BCUT2D eigenvalue weighted by Gasteiger charge is -2.16. The fraction of sp³-hybridized carbons (Fsp3) is 0.769. The van der Waals surface area contributed by atoms with Gasteiger partial charge in [-0.05, 0) is 32.1 Å². The third-order valence-corrected chi connectivity index (χ3v) is 2.86. The topological polar surface area (TPSA) is 29.5 Å². The van der Waals surface area contributed by atoms with Gasteiger partial charge in [0.25, 0.3) is 0 Å². The largest absolute Gasteiger partial charge is 0.275 e. The number of allylic oxidation sites excluding steroid dienone is 2. The van der Waals surface area contributed by atoms with E-state index in [9.17, 15) is 4.79 Å². The molecule has 3 heteroatoms. The second-order valence-corrected chi connectivity index (χ2v) is 4.36. The molecule has 0 spiro atoms. The van der Waals surface area contributed by atoms with Crippen molar-refractivity contribution >= 4 is 5.91 Å². The maximum atomic E-state index is 11.5. The zero-order valence-electron chi connectivity index (χ0n) is 11.2. The van der Waals surface area contributed by atoms with Crippen molar-refractivity contribution in [3.63, 3.8) is 0 Å². The summed E-state index contributed by atoms with van der Waals surface area (Å²) in [6.45, 7) is 6.41. The Morgan fingerprint density at radius 1 is 1.50 bits per heavy atom. The molecule has 0 aliphatic heterocycles. The molecule has 0 saturated carbocycles. The molecule has 94 valence electrons. The Labute approximate surface area is 99.4 Å². The van der Waals surface area contributed by atoms with Gasteiger partial charge in [-0.25, -0.2) is 5.06 Å². The Bertz CT molecular complexity index is 236. The Balaban J connectivity index is 3.82. The maximum Gasteiger partial charge on any atom is 0.246 e. The van der Waals surface area contributed by atoms with Crippen LogP contribution < -0.4 is 0 Å². The fourth-order valence-electron chi connectivity index (χ4n) is 1.39. The van der Waals surface area contributed by atoms with Gasteiger partial charge >= 0.3 is 0 Å². The normalized spacial score (nSPS) is 13.7. The van der Waals surface area contributed by atoms with Gasteiger partial charge in [0.1, 0.15) is 0 Å². The Morgan fingerprint density at radius 3 is 2.62 bits per heavy atom. The molecule has 0 fully saturated rings. The van der Waals surface area contributed by atoms with E-state index in [2.05, 4.69) is 26.8 Å². The van der Waals surface area contributed by atoms with Crippen LogP contribution in [-0.4, -0.2) is 25.1 Å². The van der Waals surface area contributed by atoms with Crippen LogP contribution in [-0.2, 0) is 9.63 Å². The SMILES string of the molecule is CCC(C)=CCCC(C)CC(=O)N(C)OC. The van der Waals surface area contributed by atoms with Gasteiger partial charge in [-0.2, -0.15) is 0 Å². The standard InChI is InChI=1S/C13H25NO2/c1-6-11(2)8-7-9-12(3)10-13(15)14(4)16-5/h8,12H,6-7,9-10H2,1-5H3. The fourth-order valence-corrected chi connectivity index (χ4v) is 1.39. The molecule has 0 aliphatic carbocycles. The van der Waals surface area contributed by atoms with Crippen LogP contribution in [0.25, 0.3) is 0 Å². The monoisotopic (exact) mass is 227 g/mol. The highest BCUT2D eigenvalue weighted by Crippen LogP contribution is 2.13. The van der Waals surface area contributed by atoms with Crippen molar-refractivity contribution < 1.29 is 9.63 Å². The summed E-state index contributed by atoms with van der Waals surface area (Å²) in [7, 11) is 3.16. The Morgan fingerprint density at radius 2 is 2.12 bits per heavy atom. The molecule has 0 rings (SSSR count). The predicted molar refractivity (Wildman–Crippen MR) is 66.8 cm³/mol. The first-order chi connectivity index (χ1) is 7.51. The van der Waals surface area contributed by atoms with Gasteiger partial charge in [-0.1, -0.05) is 25.5 Å². The molecule has 0 aromatic carbocycles. The first-order valence-electron chi connectivity index (χ1n) is 5.97. The molecule has 16 heavy (non-hydrogen) atoms. The van der Waals surface area contributed by atoms with E-state index >= 15 is 0 Å². The van der Waals surface area contributed by atoms with Gasteiger partial charge < -0.3 is 0 Å². The molecule has 0 aromatic heterocycles. The molecule has 1 unspecified atom stereocenters. The summed E-state index contributed by atoms with van der Waals surface area (Å²) < 4.78 is 0. The number of nitrogens with zero attached hydrogens (tertiary/aromatic N) is 1. The summed E-state index contributed by atoms with van der Waals surface area (Å²) in [5, 5.41) is 1.30. The highest BCUT2D eigenvalue weighted by Gasteiger charge is 2.12. The summed E-state index contributed by atoms with van der Waals surface area (Å²) in [5.74, 6) is 0.456. The molecular weight excluding hydrogens is 202 g/mol. The van der Waals surface area contributed by atoms with Crippen molar-refractivity contribution in [3.8, 4) is 0 Å². The summed E-state index contributed by atoms with van der Waals surface area (Å²) in [6.07, 6.45) is 6.05. The number of hydrogen-bond acceptors (Lipinski definition) is 2. The minimum Gasteiger partial charge on any atom is -0.275 e. The molecule has 1 amide bonds. The minimum absolute atomic E-state index is 0.0474. The maximum absolute atomic E-state index is 11.5. The minimum atomic E-state index is 0.0474. The van der Waals surface area contributed by atoms with Crippen molar-refractivity contribution in [1.29, 1.82) is 0 Å². The van der Waals surface area contributed by atoms with Crippen molar-refractivity contribution in [2.24, 2.45) is 5.92 Å². The first-order valence-corrected chi connectivity index (χ1v) is 5.97. The molecule has 0 aromatic rings. The van der Waals surface area contributed by atoms with Gasteiger partial charge in [0.15, 0.2) is 0 Å². The third kappa shape index (κ3) is 6.62. The molecule has 0 saturated heterocycles. The van der Waals surface area contributed by atoms with Crippen molar-refractivity contribution in [3.05, 3.63) is 11.6 Å². The molecule has 0 radical (unpaired) electrons. The average Bonchev–Trinajstić information content (AvgIpc) is 2.27. The second kappa shape index (κ2) is 8.34. The van der Waals surface area contributed by atoms with Crippen LogP contribution in [0.5, 0.6) is 0 Å². The van der Waals surface area contributed by atoms with E-state index in [1.807, 2.05) is 0 Å². The van der Waals surface area contributed by atoms with E-state index in [-0.39, 0.29) is 5.91 Å². The number of carbonyl (C=O) groups is 1. The van der Waals surface area contributed by atoms with Gasteiger partial charge in [0.2, 0.25) is 5.91 Å². The molecule has 0 aliphatic rings. The molecule has 0 N–H and O–H groups in total. The molecule has 1 atom stereocenters. The average molecular weight is 227 g/mol. The number of hydroxylamine groups is 2. The lowest BCUT2D eigenvalue weighted by molar-refractivity contribution is -0.169. The van der Waals surface area contributed by atoms with E-state index in [1.54, 1.807) is 7.05 Å². The predicted octanol–water partition coefficient (Wildman–Crippen LogP) is 3.17. The highest BCUT2D eigenvalue weighted by atomic mass is 16.7. The number of rotatable bonds is 7. The van der Waals surface area contributed by atoms with Crippen LogP contribution in [0.15, 0.2) is 11.6 Å². The zero-order chi connectivity index (χ0) is 12.6. The van der Waals surface area contributed by atoms with Crippen molar-refractivity contribution in [2.45, 2.75) is 46.5 Å². The van der Waals surface area contributed by atoms with Gasteiger partial charge in [0, 0.05) is 13.5 Å². The quantitative estimate of drug-likeness (QED) is 0.494. The zero-order valence-corrected chi connectivity index (χ0v) is 11.2. The molecule has 0 bridgehead atoms. The lowest BCUT2D eigenvalue weighted by Crippen LogP contribution is -2.26. The molecule has 0 heterocycles. The molecular formula is C13H25NO2. The van der Waals surface area contributed by atoms with Gasteiger partial charge in [-0.15, -0.1) is 0 Å². The smallest absolute Gasteiger partial charge is 0.246 e. The summed E-state index contributed by atoms with van der Waals surface area (Å²) >= 11 is 0. The van der Waals surface area contributed by atoms with Crippen LogP contribution in [0.4, 0.5) is 0 Å². The molecule has 3 nitrogen and oxygen atoms in total.